The van der Waals surface area contributed by atoms with Crippen LogP contribution >= 0.6 is 0 Å². The Bertz CT molecular complexity index is 151. The molecule has 0 bridgehead atoms. The van der Waals surface area contributed by atoms with Crippen LogP contribution in [0, 0.1) is 0 Å². The molecular formula is C11H23NO2. The van der Waals surface area contributed by atoms with Gasteiger partial charge in [0, 0.05) is 20.3 Å². The maximum atomic E-state index is 5.67. The van der Waals surface area contributed by atoms with E-state index in [9.17, 15) is 0 Å². The monoisotopic (exact) mass is 201 g/mol. The van der Waals surface area contributed by atoms with Gasteiger partial charge in [0.25, 0.3) is 0 Å². The molecule has 0 saturated carbocycles. The third-order valence-corrected chi connectivity index (χ3v) is 3.12. The molecule has 3 nitrogen and oxygen atoms in total. The van der Waals surface area contributed by atoms with Gasteiger partial charge in [-0.2, -0.15) is 0 Å². The highest BCUT2D eigenvalue weighted by atomic mass is 16.5. The van der Waals surface area contributed by atoms with Crippen molar-refractivity contribution in [1.29, 1.82) is 0 Å². The minimum atomic E-state index is 0.271. The Morgan fingerprint density at radius 3 is 2.64 bits per heavy atom. The molecule has 1 aliphatic heterocycles. The third kappa shape index (κ3) is 2.47. The molecule has 0 spiro atoms. The molecule has 0 radical (unpaired) electrons. The van der Waals surface area contributed by atoms with Crippen LogP contribution in [-0.4, -0.2) is 50.0 Å². The van der Waals surface area contributed by atoms with E-state index in [1.54, 1.807) is 7.11 Å². The Morgan fingerprint density at radius 2 is 2.14 bits per heavy atom. The van der Waals surface area contributed by atoms with E-state index in [0.717, 1.165) is 26.1 Å². The summed E-state index contributed by atoms with van der Waals surface area (Å²) in [7, 11) is 1.80. The number of likely N-dealkylation sites (N-methyl/N-ethyl adjacent to an activating group) is 1. The van der Waals surface area contributed by atoms with Crippen LogP contribution in [0.25, 0.3) is 0 Å². The van der Waals surface area contributed by atoms with Gasteiger partial charge < -0.3 is 9.47 Å². The SMILES string of the molecule is CCO[C@@H](C)[C@@H]1[C@@H](OC)CCN1CC. The summed E-state index contributed by atoms with van der Waals surface area (Å²) < 4.78 is 11.2. The van der Waals surface area contributed by atoms with Crippen LogP contribution in [0.4, 0.5) is 0 Å². The first kappa shape index (κ1) is 12.0. The lowest BCUT2D eigenvalue weighted by atomic mass is 10.1. The van der Waals surface area contributed by atoms with Crippen LogP contribution < -0.4 is 0 Å². The second-order valence-corrected chi connectivity index (χ2v) is 3.84. The number of methoxy groups -OCH3 is 1. The minimum Gasteiger partial charge on any atom is -0.380 e. The van der Waals surface area contributed by atoms with E-state index in [2.05, 4.69) is 18.7 Å². The van der Waals surface area contributed by atoms with E-state index in [-0.39, 0.29) is 6.10 Å². The lowest BCUT2D eigenvalue weighted by Gasteiger charge is -2.31. The highest BCUT2D eigenvalue weighted by Crippen LogP contribution is 2.24. The summed E-state index contributed by atoms with van der Waals surface area (Å²) >= 11 is 0. The fraction of sp³-hybridized carbons (Fsp3) is 1.00. The van der Waals surface area contributed by atoms with Crippen molar-refractivity contribution >= 4 is 0 Å². The number of nitrogens with zero attached hydrogens (tertiary/aromatic N) is 1. The summed E-state index contributed by atoms with van der Waals surface area (Å²) in [5, 5.41) is 0. The van der Waals surface area contributed by atoms with Gasteiger partial charge in [0.2, 0.25) is 0 Å². The molecule has 0 aromatic rings. The number of likely N-dealkylation sites (tertiary alicyclic amines) is 1. The standard InChI is InChI=1S/C11H23NO2/c1-5-12-8-7-10(13-4)11(12)9(3)14-6-2/h9-11H,5-8H2,1-4H3/t9-,10-,11+/m0/s1. The lowest BCUT2D eigenvalue weighted by molar-refractivity contribution is -0.0319. The van der Waals surface area contributed by atoms with Crippen molar-refractivity contribution in [1.82, 2.24) is 4.90 Å². The van der Waals surface area contributed by atoms with E-state index in [1.165, 1.54) is 0 Å². The molecule has 0 unspecified atom stereocenters. The van der Waals surface area contributed by atoms with Gasteiger partial charge in [-0.3, -0.25) is 4.90 Å². The molecule has 0 aromatic carbocycles. The second kappa shape index (κ2) is 5.69. The van der Waals surface area contributed by atoms with Crippen molar-refractivity contribution in [2.45, 2.75) is 45.4 Å². The smallest absolute Gasteiger partial charge is 0.0763 e. The Kier molecular flexibility index (Phi) is 4.85. The Labute approximate surface area is 87.4 Å². The first-order chi connectivity index (χ1) is 6.74. The van der Waals surface area contributed by atoms with Crippen LogP contribution in [0.3, 0.4) is 0 Å². The minimum absolute atomic E-state index is 0.271. The first-order valence-corrected chi connectivity index (χ1v) is 5.63. The zero-order valence-electron chi connectivity index (χ0n) is 9.82. The van der Waals surface area contributed by atoms with E-state index in [4.69, 9.17) is 9.47 Å². The zero-order chi connectivity index (χ0) is 10.6. The summed E-state index contributed by atoms with van der Waals surface area (Å²) in [6.45, 7) is 9.39. The van der Waals surface area contributed by atoms with Crippen LogP contribution in [0.5, 0.6) is 0 Å². The molecule has 0 amide bonds. The highest BCUT2D eigenvalue weighted by molar-refractivity contribution is 4.91. The van der Waals surface area contributed by atoms with E-state index in [1.807, 2.05) is 6.92 Å². The van der Waals surface area contributed by atoms with Gasteiger partial charge in [-0.15, -0.1) is 0 Å². The van der Waals surface area contributed by atoms with Crippen LogP contribution in [0.15, 0.2) is 0 Å². The van der Waals surface area contributed by atoms with Crippen molar-refractivity contribution in [3.05, 3.63) is 0 Å². The molecule has 0 aromatic heterocycles. The third-order valence-electron chi connectivity index (χ3n) is 3.12. The van der Waals surface area contributed by atoms with E-state index in [0.29, 0.717) is 12.1 Å². The van der Waals surface area contributed by atoms with Gasteiger partial charge in [0.05, 0.1) is 18.2 Å². The quantitative estimate of drug-likeness (QED) is 0.673. The zero-order valence-corrected chi connectivity index (χ0v) is 9.82. The van der Waals surface area contributed by atoms with Gasteiger partial charge in [0.1, 0.15) is 0 Å². The first-order valence-electron chi connectivity index (χ1n) is 5.63. The van der Waals surface area contributed by atoms with Crippen LogP contribution in [0.2, 0.25) is 0 Å². The molecule has 1 aliphatic rings. The van der Waals surface area contributed by atoms with Crippen molar-refractivity contribution < 1.29 is 9.47 Å². The van der Waals surface area contributed by atoms with Gasteiger partial charge in [-0.1, -0.05) is 6.92 Å². The Morgan fingerprint density at radius 1 is 1.43 bits per heavy atom. The summed E-state index contributed by atoms with van der Waals surface area (Å²) in [5.74, 6) is 0. The molecule has 3 atom stereocenters. The molecule has 0 N–H and O–H groups in total. The number of hydrogen-bond acceptors (Lipinski definition) is 3. The van der Waals surface area contributed by atoms with Gasteiger partial charge >= 0.3 is 0 Å². The van der Waals surface area contributed by atoms with Crippen molar-refractivity contribution in [2.75, 3.05) is 26.8 Å². The number of hydrogen-bond donors (Lipinski definition) is 0. The number of rotatable bonds is 5. The Balaban J connectivity index is 2.58. The molecule has 3 heteroatoms. The van der Waals surface area contributed by atoms with Crippen LogP contribution in [0.1, 0.15) is 27.2 Å². The van der Waals surface area contributed by atoms with E-state index < -0.39 is 0 Å². The van der Waals surface area contributed by atoms with Gasteiger partial charge in [0.15, 0.2) is 0 Å². The van der Waals surface area contributed by atoms with Crippen molar-refractivity contribution in [2.24, 2.45) is 0 Å². The summed E-state index contributed by atoms with van der Waals surface area (Å²) in [4.78, 5) is 2.45. The fourth-order valence-corrected chi connectivity index (χ4v) is 2.43. The molecule has 1 saturated heterocycles. The average molecular weight is 201 g/mol. The molecule has 1 heterocycles. The number of ether oxygens (including phenoxy) is 2. The molecular weight excluding hydrogens is 178 g/mol. The molecule has 1 rings (SSSR count). The van der Waals surface area contributed by atoms with Crippen LogP contribution in [-0.2, 0) is 9.47 Å². The molecule has 1 fully saturated rings. The average Bonchev–Trinajstić information content (AvgIpc) is 2.60. The molecule has 14 heavy (non-hydrogen) atoms. The van der Waals surface area contributed by atoms with Gasteiger partial charge in [-0.25, -0.2) is 0 Å². The highest BCUT2D eigenvalue weighted by Gasteiger charge is 2.37. The molecule has 84 valence electrons. The summed E-state index contributed by atoms with van der Waals surface area (Å²) in [5.41, 5.74) is 0. The van der Waals surface area contributed by atoms with Crippen molar-refractivity contribution in [3.63, 3.8) is 0 Å². The topological polar surface area (TPSA) is 21.7 Å². The maximum Gasteiger partial charge on any atom is 0.0763 e. The predicted octanol–water partition coefficient (Wildman–Crippen LogP) is 1.52. The summed E-state index contributed by atoms with van der Waals surface area (Å²) in [6.07, 6.45) is 1.75. The Hall–Kier alpha value is -0.120. The fourth-order valence-electron chi connectivity index (χ4n) is 2.43. The van der Waals surface area contributed by atoms with Gasteiger partial charge in [-0.05, 0) is 26.8 Å². The predicted molar refractivity (Wildman–Crippen MR) is 57.5 cm³/mol. The van der Waals surface area contributed by atoms with Crippen molar-refractivity contribution in [3.8, 4) is 0 Å². The largest absolute Gasteiger partial charge is 0.380 e. The van der Waals surface area contributed by atoms with E-state index >= 15 is 0 Å². The molecule has 0 aliphatic carbocycles. The second-order valence-electron chi connectivity index (χ2n) is 3.84. The normalized spacial score (nSPS) is 30.9. The summed E-state index contributed by atoms with van der Waals surface area (Å²) in [6, 6.07) is 0.435. The lowest BCUT2D eigenvalue weighted by Crippen LogP contribution is -2.45. The maximum absolute atomic E-state index is 5.67.